The van der Waals surface area contributed by atoms with E-state index < -0.39 is 68.4 Å². The molecule has 39 heavy (non-hydrogen) atoms. The molecule has 0 heterocycles. The molecule has 0 aromatic carbocycles. The molecule has 0 spiro atoms. The maximum atomic E-state index is 12.4. The van der Waals surface area contributed by atoms with Gasteiger partial charge in [-0.2, -0.15) is 0 Å². The van der Waals surface area contributed by atoms with E-state index in [1.54, 1.807) is 6.92 Å². The van der Waals surface area contributed by atoms with Gasteiger partial charge in [0.25, 0.3) is 0 Å². The Balaban J connectivity index is 4.67. The molecule has 2 atom stereocenters. The van der Waals surface area contributed by atoms with Crippen LogP contribution in [0.15, 0.2) is 25.3 Å². The van der Waals surface area contributed by atoms with Crippen molar-refractivity contribution in [3.8, 4) is 0 Å². The average molecular weight is 563 g/mol. The van der Waals surface area contributed by atoms with E-state index in [4.69, 9.17) is 33.2 Å². The van der Waals surface area contributed by atoms with E-state index in [9.17, 15) is 29.1 Å². The van der Waals surface area contributed by atoms with E-state index in [0.29, 0.717) is 12.8 Å². The molecule has 222 valence electrons. The molecule has 15 nitrogen and oxygen atoms in total. The molecule has 2 unspecified atom stereocenters. The number of rotatable bonds is 21. The summed E-state index contributed by atoms with van der Waals surface area (Å²) < 4.78 is 34.3. The third-order valence-corrected chi connectivity index (χ3v) is 4.50. The third kappa shape index (κ3) is 19.1. The molecule has 0 saturated heterocycles. The van der Waals surface area contributed by atoms with Crippen molar-refractivity contribution in [2.75, 3.05) is 53.3 Å². The molecule has 0 fully saturated rings. The second-order valence-corrected chi connectivity index (χ2v) is 7.50. The van der Waals surface area contributed by atoms with E-state index in [2.05, 4.69) is 23.8 Å². The minimum atomic E-state index is -1.37. The lowest BCUT2D eigenvalue weighted by molar-refractivity contribution is -0.148. The Kier molecular flexibility index (Phi) is 20.2. The summed E-state index contributed by atoms with van der Waals surface area (Å²) in [5.41, 5.74) is 0. The third-order valence-electron chi connectivity index (χ3n) is 4.50. The van der Waals surface area contributed by atoms with Gasteiger partial charge in [0.15, 0.2) is 19.0 Å². The molecule has 0 aromatic heterocycles. The zero-order chi connectivity index (χ0) is 29.5. The normalized spacial score (nSPS) is 11.9. The molecule has 15 heteroatoms. The van der Waals surface area contributed by atoms with Crippen molar-refractivity contribution in [1.82, 2.24) is 10.6 Å². The molecule has 2 amide bonds. The highest BCUT2D eigenvalue weighted by atomic mass is 16.6. The van der Waals surface area contributed by atoms with Crippen LogP contribution in [0.2, 0.25) is 0 Å². The van der Waals surface area contributed by atoms with Gasteiger partial charge in [-0.05, 0) is 26.2 Å². The molecule has 0 radical (unpaired) electrons. The number of methoxy groups -OCH3 is 1. The van der Waals surface area contributed by atoms with Gasteiger partial charge in [0, 0.05) is 32.4 Å². The van der Waals surface area contributed by atoms with Crippen LogP contribution in [0.4, 0.5) is 9.59 Å². The van der Waals surface area contributed by atoms with Crippen LogP contribution in [0.1, 0.15) is 26.2 Å². The summed E-state index contributed by atoms with van der Waals surface area (Å²) in [7, 11) is 1.45. The molecule has 0 aliphatic rings. The first-order chi connectivity index (χ1) is 18.7. The maximum absolute atomic E-state index is 12.4. The van der Waals surface area contributed by atoms with Crippen molar-refractivity contribution in [2.24, 2.45) is 0 Å². The van der Waals surface area contributed by atoms with Gasteiger partial charge in [0.05, 0.1) is 12.6 Å². The zero-order valence-electron chi connectivity index (χ0n) is 22.2. The van der Waals surface area contributed by atoms with Gasteiger partial charge in [-0.15, -0.1) is 0 Å². The number of hydrogen-bond donors (Lipinski definition) is 3. The van der Waals surface area contributed by atoms with Crippen molar-refractivity contribution in [1.29, 1.82) is 0 Å². The van der Waals surface area contributed by atoms with Gasteiger partial charge in [-0.3, -0.25) is 0 Å². The molecule has 0 aliphatic carbocycles. The molecular weight excluding hydrogens is 524 g/mol. The van der Waals surface area contributed by atoms with E-state index >= 15 is 0 Å². The summed E-state index contributed by atoms with van der Waals surface area (Å²) in [4.78, 5) is 58.2. The second kappa shape index (κ2) is 22.3. The largest absolute Gasteiger partial charge is 0.461 e. The smallest absolute Gasteiger partial charge is 0.408 e. The lowest BCUT2D eigenvalue weighted by Crippen LogP contribution is -2.46. The van der Waals surface area contributed by atoms with Crippen molar-refractivity contribution < 1.29 is 62.2 Å². The standard InChI is InChI=1S/C24H38N2O13/c1-5-19(27)36-14-17(15-37-20(28)6-2)39-24(32)26-18(22(30)34-7-3)10-8-9-11-25-23(31)38-16-21(29)35-13-12-33-4/h5-6,17-18,22,30H,1-2,7-16H2,3-4H3,(H,25,31)(H,26,32). The highest BCUT2D eigenvalue weighted by molar-refractivity contribution is 5.81. The Hall–Kier alpha value is -3.69. The minimum absolute atomic E-state index is 0.0445. The second-order valence-electron chi connectivity index (χ2n) is 7.50. The lowest BCUT2D eigenvalue weighted by atomic mass is 10.1. The summed E-state index contributed by atoms with van der Waals surface area (Å²) in [6.45, 7) is 7.38. The van der Waals surface area contributed by atoms with Gasteiger partial charge < -0.3 is 48.9 Å². The average Bonchev–Trinajstić information content (AvgIpc) is 2.92. The SMILES string of the molecule is C=CC(=O)OCC(COC(=O)C=C)OC(=O)NC(CCCCNC(=O)OCC(=O)OCCOC)C(O)OCC. The van der Waals surface area contributed by atoms with Crippen LogP contribution in [0.25, 0.3) is 0 Å². The van der Waals surface area contributed by atoms with Gasteiger partial charge in [0.1, 0.15) is 19.8 Å². The first-order valence-electron chi connectivity index (χ1n) is 12.1. The number of ether oxygens (including phenoxy) is 7. The number of esters is 3. The maximum Gasteiger partial charge on any atom is 0.408 e. The topological polar surface area (TPSA) is 194 Å². The van der Waals surface area contributed by atoms with Crippen LogP contribution < -0.4 is 10.6 Å². The van der Waals surface area contributed by atoms with Crippen LogP contribution in [-0.2, 0) is 47.5 Å². The quantitative estimate of drug-likeness (QED) is 0.0571. The Bertz CT molecular complexity index is 766. The fourth-order valence-electron chi connectivity index (χ4n) is 2.63. The summed E-state index contributed by atoms with van der Waals surface area (Å²) in [6, 6.07) is -0.904. The molecule has 0 aliphatic heterocycles. The number of amides is 2. The minimum Gasteiger partial charge on any atom is -0.461 e. The molecular formula is C24H38N2O13. The fourth-order valence-corrected chi connectivity index (χ4v) is 2.63. The van der Waals surface area contributed by atoms with Crippen LogP contribution in [0.5, 0.6) is 0 Å². The van der Waals surface area contributed by atoms with Crippen molar-refractivity contribution in [3.05, 3.63) is 25.3 Å². The number of carbonyl (C=O) groups is 5. The molecule has 0 rings (SSSR count). The van der Waals surface area contributed by atoms with E-state index in [1.165, 1.54) is 7.11 Å². The fraction of sp³-hybridized carbons (Fsp3) is 0.625. The number of aliphatic hydroxyl groups excluding tert-OH is 1. The predicted molar refractivity (Wildman–Crippen MR) is 133 cm³/mol. The van der Waals surface area contributed by atoms with Gasteiger partial charge in [-0.1, -0.05) is 13.2 Å². The van der Waals surface area contributed by atoms with E-state index in [0.717, 1.165) is 12.2 Å². The van der Waals surface area contributed by atoms with Crippen molar-refractivity contribution >= 4 is 30.1 Å². The lowest BCUT2D eigenvalue weighted by Gasteiger charge is -2.25. The number of nitrogens with one attached hydrogen (secondary N) is 2. The Labute approximate surface area is 226 Å². The number of carbonyl (C=O) groups excluding carboxylic acids is 5. The van der Waals surface area contributed by atoms with Crippen molar-refractivity contribution in [2.45, 2.75) is 44.6 Å². The first kappa shape index (κ1) is 35.3. The summed E-state index contributed by atoms with van der Waals surface area (Å²) >= 11 is 0. The first-order valence-corrected chi connectivity index (χ1v) is 12.1. The van der Waals surface area contributed by atoms with Gasteiger partial charge in [-0.25, -0.2) is 24.0 Å². The highest BCUT2D eigenvalue weighted by Crippen LogP contribution is 2.08. The van der Waals surface area contributed by atoms with Crippen LogP contribution in [0.3, 0.4) is 0 Å². The van der Waals surface area contributed by atoms with E-state index in [1.807, 2.05) is 0 Å². The van der Waals surface area contributed by atoms with Crippen LogP contribution >= 0.6 is 0 Å². The highest BCUT2D eigenvalue weighted by Gasteiger charge is 2.25. The van der Waals surface area contributed by atoms with Crippen LogP contribution in [0, 0.1) is 0 Å². The number of hydrogen-bond acceptors (Lipinski definition) is 13. The summed E-state index contributed by atoms with van der Waals surface area (Å²) in [5, 5.41) is 15.2. The Morgan fingerprint density at radius 2 is 1.54 bits per heavy atom. The number of alkyl carbamates (subject to hydrolysis) is 2. The molecule has 0 bridgehead atoms. The monoisotopic (exact) mass is 562 g/mol. The van der Waals surface area contributed by atoms with Gasteiger partial charge >= 0.3 is 30.1 Å². The zero-order valence-corrected chi connectivity index (χ0v) is 22.2. The van der Waals surface area contributed by atoms with Gasteiger partial charge in [0.2, 0.25) is 0 Å². The predicted octanol–water partition coefficient (Wildman–Crippen LogP) is 0.349. The van der Waals surface area contributed by atoms with E-state index in [-0.39, 0.29) is 32.8 Å². The Morgan fingerprint density at radius 1 is 0.897 bits per heavy atom. The molecule has 3 N–H and O–H groups in total. The summed E-state index contributed by atoms with van der Waals surface area (Å²) in [6.07, 6.45) is -1.44. The van der Waals surface area contributed by atoms with Crippen molar-refractivity contribution in [3.63, 3.8) is 0 Å². The number of unbranched alkanes of at least 4 members (excludes halogenated alkanes) is 1. The number of aliphatic hydroxyl groups is 1. The molecule has 0 aromatic rings. The summed E-state index contributed by atoms with van der Waals surface area (Å²) in [5.74, 6) is -2.26. The van der Waals surface area contributed by atoms with Crippen LogP contribution in [-0.4, -0.2) is 107 Å². The molecule has 0 saturated carbocycles. The Morgan fingerprint density at radius 3 is 2.10 bits per heavy atom.